The van der Waals surface area contributed by atoms with Crippen molar-refractivity contribution in [2.24, 2.45) is 5.92 Å². The molecule has 1 heterocycles. The summed E-state index contributed by atoms with van der Waals surface area (Å²) in [4.78, 5) is 26.1. The van der Waals surface area contributed by atoms with Gasteiger partial charge in [-0.3, -0.25) is 14.5 Å². The Balaban J connectivity index is 1.36. The summed E-state index contributed by atoms with van der Waals surface area (Å²) in [5, 5.41) is 8.83. The highest BCUT2D eigenvalue weighted by atomic mass is 16.5. The van der Waals surface area contributed by atoms with Gasteiger partial charge >= 0.3 is 5.97 Å². The van der Waals surface area contributed by atoms with E-state index in [9.17, 15) is 9.59 Å². The highest BCUT2D eigenvalue weighted by Gasteiger charge is 2.45. The van der Waals surface area contributed by atoms with Crippen molar-refractivity contribution < 1.29 is 24.2 Å². The monoisotopic (exact) mass is 483 g/mol. The maximum atomic E-state index is 13.1. The molecule has 0 amide bonds. The van der Waals surface area contributed by atoms with Crippen molar-refractivity contribution in [1.82, 2.24) is 4.90 Å². The molecule has 2 aliphatic carbocycles. The molecular formula is C29H41NO5. The van der Waals surface area contributed by atoms with Crippen LogP contribution in [0.5, 0.6) is 0 Å². The van der Waals surface area contributed by atoms with E-state index in [1.165, 1.54) is 37.7 Å². The zero-order valence-corrected chi connectivity index (χ0v) is 20.9. The van der Waals surface area contributed by atoms with Crippen LogP contribution in [0.4, 0.5) is 0 Å². The van der Waals surface area contributed by atoms with E-state index in [1.54, 1.807) is 0 Å². The number of rotatable bonds is 11. The predicted molar refractivity (Wildman–Crippen MR) is 135 cm³/mol. The number of carbonyl (C=O) groups is 2. The number of carbonyl (C=O) groups excluding carboxylic acids is 1. The number of unbranched alkanes of at least 4 members (excludes halogenated alkanes) is 1. The van der Waals surface area contributed by atoms with E-state index in [0.717, 1.165) is 31.5 Å². The third kappa shape index (κ3) is 7.48. The molecule has 1 aliphatic heterocycles. The van der Waals surface area contributed by atoms with Gasteiger partial charge in [0.25, 0.3) is 0 Å². The van der Waals surface area contributed by atoms with E-state index >= 15 is 0 Å². The number of hydrogen-bond donors (Lipinski definition) is 1. The van der Waals surface area contributed by atoms with Gasteiger partial charge in [0.2, 0.25) is 0 Å². The Labute approximate surface area is 209 Å². The van der Waals surface area contributed by atoms with Crippen molar-refractivity contribution in [3.05, 3.63) is 47.5 Å². The second-order valence-electron chi connectivity index (χ2n) is 10.3. The Morgan fingerprint density at radius 1 is 1.09 bits per heavy atom. The molecule has 1 aromatic carbocycles. The van der Waals surface area contributed by atoms with Crippen LogP contribution in [0.2, 0.25) is 0 Å². The van der Waals surface area contributed by atoms with Crippen molar-refractivity contribution in [3.8, 4) is 0 Å². The molecule has 4 rings (SSSR count). The Bertz CT molecular complexity index is 839. The SMILES string of the molecule is O=C(O)CCC/C=C\C[C@H]1[C@@H](OCc2ccc(C3CCCCC3)cc2)CC(=O)[C@@H]1N1CCOCC1. The summed E-state index contributed by atoms with van der Waals surface area (Å²) < 4.78 is 11.9. The first-order valence-corrected chi connectivity index (χ1v) is 13.5. The molecule has 6 heteroatoms. The number of aliphatic carboxylic acids is 1. The summed E-state index contributed by atoms with van der Waals surface area (Å²) in [7, 11) is 0. The van der Waals surface area contributed by atoms with Gasteiger partial charge in [-0.2, -0.15) is 0 Å². The molecule has 0 bridgehead atoms. The normalized spacial score (nSPS) is 26.5. The molecule has 35 heavy (non-hydrogen) atoms. The fraction of sp³-hybridized carbons (Fsp3) is 0.655. The average Bonchev–Trinajstić information content (AvgIpc) is 3.20. The third-order valence-electron chi connectivity index (χ3n) is 7.91. The maximum Gasteiger partial charge on any atom is 0.303 e. The van der Waals surface area contributed by atoms with Crippen molar-refractivity contribution in [3.63, 3.8) is 0 Å². The van der Waals surface area contributed by atoms with E-state index in [0.29, 0.717) is 38.6 Å². The number of Topliss-reactive ketones (excluding diaryl/α,β-unsaturated/α-hetero) is 1. The molecule has 0 spiro atoms. The Morgan fingerprint density at radius 2 is 1.83 bits per heavy atom. The molecule has 0 aromatic heterocycles. The number of ether oxygens (including phenoxy) is 2. The van der Waals surface area contributed by atoms with Crippen LogP contribution in [0.15, 0.2) is 36.4 Å². The van der Waals surface area contributed by atoms with Crippen molar-refractivity contribution in [2.45, 2.75) is 88.9 Å². The summed E-state index contributed by atoms with van der Waals surface area (Å²) >= 11 is 0. The lowest BCUT2D eigenvalue weighted by Crippen LogP contribution is -2.49. The molecular weight excluding hydrogens is 442 g/mol. The number of hydrogen-bond acceptors (Lipinski definition) is 5. The topological polar surface area (TPSA) is 76.1 Å². The second kappa shape index (κ2) is 13.3. The Morgan fingerprint density at radius 3 is 2.54 bits per heavy atom. The molecule has 1 aromatic rings. The maximum absolute atomic E-state index is 13.1. The van der Waals surface area contributed by atoms with Gasteiger partial charge in [0.05, 0.1) is 32.0 Å². The Kier molecular flexibility index (Phi) is 9.93. The number of morpholine rings is 1. The minimum Gasteiger partial charge on any atom is -0.481 e. The minimum atomic E-state index is -0.757. The fourth-order valence-corrected chi connectivity index (χ4v) is 5.97. The lowest BCUT2D eigenvalue weighted by atomic mass is 9.84. The highest BCUT2D eigenvalue weighted by Crippen LogP contribution is 2.35. The number of allylic oxidation sites excluding steroid dienone is 2. The zero-order valence-electron chi connectivity index (χ0n) is 20.9. The molecule has 0 radical (unpaired) electrons. The third-order valence-corrected chi connectivity index (χ3v) is 7.91. The molecule has 3 fully saturated rings. The quantitative estimate of drug-likeness (QED) is 0.348. The van der Waals surface area contributed by atoms with Crippen LogP contribution in [0.1, 0.15) is 81.3 Å². The standard InChI is InChI=1S/C29H41NO5/c31-26-20-27(35-21-22-12-14-24(15-13-22)23-8-4-3-5-9-23)25(10-6-1-2-7-11-28(32)33)29(26)30-16-18-34-19-17-30/h1,6,12-15,23,25,27,29H,2-5,7-11,16-21H2,(H,32,33)/b6-1-/t25-,27-,29+/m0/s1. The van der Waals surface area contributed by atoms with Gasteiger partial charge in [-0.05, 0) is 49.1 Å². The van der Waals surface area contributed by atoms with Gasteiger partial charge in [0.1, 0.15) is 0 Å². The summed E-state index contributed by atoms with van der Waals surface area (Å²) in [6, 6.07) is 8.79. The van der Waals surface area contributed by atoms with Crippen LogP contribution in [-0.4, -0.2) is 60.2 Å². The smallest absolute Gasteiger partial charge is 0.303 e. The zero-order chi connectivity index (χ0) is 24.5. The van der Waals surface area contributed by atoms with E-state index in [-0.39, 0.29) is 30.3 Å². The van der Waals surface area contributed by atoms with Gasteiger partial charge < -0.3 is 14.6 Å². The van der Waals surface area contributed by atoms with Crippen LogP contribution < -0.4 is 0 Å². The summed E-state index contributed by atoms with van der Waals surface area (Å²) in [5.41, 5.74) is 2.61. The number of benzene rings is 1. The first kappa shape index (κ1) is 26.1. The van der Waals surface area contributed by atoms with Gasteiger partial charge in [0.15, 0.2) is 5.78 Å². The van der Waals surface area contributed by atoms with Gasteiger partial charge in [-0.25, -0.2) is 0 Å². The highest BCUT2D eigenvalue weighted by molar-refractivity contribution is 5.87. The second-order valence-corrected chi connectivity index (χ2v) is 10.3. The molecule has 3 atom stereocenters. The largest absolute Gasteiger partial charge is 0.481 e. The molecule has 3 aliphatic rings. The lowest BCUT2D eigenvalue weighted by molar-refractivity contribution is -0.137. The van der Waals surface area contributed by atoms with E-state index in [4.69, 9.17) is 14.6 Å². The van der Waals surface area contributed by atoms with Crippen molar-refractivity contribution in [1.29, 1.82) is 0 Å². The fourth-order valence-electron chi connectivity index (χ4n) is 5.97. The predicted octanol–water partition coefficient (Wildman–Crippen LogP) is 5.11. The van der Waals surface area contributed by atoms with Crippen LogP contribution >= 0.6 is 0 Å². The van der Waals surface area contributed by atoms with Gasteiger partial charge in [0, 0.05) is 31.8 Å². The molecule has 0 unspecified atom stereocenters. The average molecular weight is 484 g/mol. The summed E-state index contributed by atoms with van der Waals surface area (Å²) in [5.74, 6) is 0.325. The number of nitrogens with zero attached hydrogens (tertiary/aromatic N) is 1. The molecule has 2 saturated carbocycles. The van der Waals surface area contributed by atoms with Crippen molar-refractivity contribution in [2.75, 3.05) is 26.3 Å². The minimum absolute atomic E-state index is 0.1000. The summed E-state index contributed by atoms with van der Waals surface area (Å²) in [6.45, 7) is 3.42. The first-order chi connectivity index (χ1) is 17.1. The van der Waals surface area contributed by atoms with Crippen LogP contribution in [0.25, 0.3) is 0 Å². The van der Waals surface area contributed by atoms with E-state index < -0.39 is 5.97 Å². The van der Waals surface area contributed by atoms with Crippen LogP contribution in [0, 0.1) is 5.92 Å². The molecule has 1 N–H and O–H groups in total. The number of ketones is 1. The van der Waals surface area contributed by atoms with Crippen LogP contribution in [-0.2, 0) is 25.7 Å². The van der Waals surface area contributed by atoms with Gasteiger partial charge in [-0.15, -0.1) is 0 Å². The molecule has 192 valence electrons. The lowest BCUT2D eigenvalue weighted by Gasteiger charge is -2.35. The first-order valence-electron chi connectivity index (χ1n) is 13.5. The summed E-state index contributed by atoms with van der Waals surface area (Å²) in [6.07, 6.45) is 13.5. The van der Waals surface area contributed by atoms with E-state index in [1.807, 2.05) is 0 Å². The molecule has 1 saturated heterocycles. The Hall–Kier alpha value is -2.02. The molecule has 6 nitrogen and oxygen atoms in total. The van der Waals surface area contributed by atoms with Crippen molar-refractivity contribution >= 4 is 11.8 Å². The number of carboxylic acid groups (broad SMARTS) is 1. The van der Waals surface area contributed by atoms with E-state index in [2.05, 4.69) is 41.3 Å². The number of carboxylic acids is 1. The van der Waals surface area contributed by atoms with Crippen LogP contribution in [0.3, 0.4) is 0 Å². The van der Waals surface area contributed by atoms with Gasteiger partial charge in [-0.1, -0.05) is 55.7 Å².